The molecule has 2 amide bonds. The summed E-state index contributed by atoms with van der Waals surface area (Å²) >= 11 is 0. The molecule has 1 heterocycles. The summed E-state index contributed by atoms with van der Waals surface area (Å²) in [5.41, 5.74) is 1.33. The number of hydrogen-bond acceptors (Lipinski definition) is 4. The Labute approximate surface area is 166 Å². The second-order valence-electron chi connectivity index (χ2n) is 7.48. The number of benzene rings is 1. The molecule has 1 aliphatic rings. The zero-order valence-corrected chi connectivity index (χ0v) is 16.8. The average molecular weight is 389 g/mol. The number of amides is 2. The minimum Gasteiger partial charge on any atom is -0.480 e. The van der Waals surface area contributed by atoms with E-state index in [-0.39, 0.29) is 18.4 Å². The van der Waals surface area contributed by atoms with E-state index in [2.05, 4.69) is 17.4 Å². The van der Waals surface area contributed by atoms with Gasteiger partial charge in [0.05, 0.1) is 6.54 Å². The van der Waals surface area contributed by atoms with Crippen molar-refractivity contribution in [2.75, 3.05) is 32.7 Å². The van der Waals surface area contributed by atoms with Gasteiger partial charge in [-0.15, -0.1) is 0 Å². The molecule has 0 radical (unpaired) electrons. The molecule has 1 unspecified atom stereocenters. The summed E-state index contributed by atoms with van der Waals surface area (Å²) in [6.45, 7) is 5.08. The van der Waals surface area contributed by atoms with Crippen LogP contribution in [0, 0.1) is 5.92 Å². The van der Waals surface area contributed by atoms with Crippen LogP contribution in [-0.2, 0) is 20.8 Å². The Bertz CT molecular complexity index is 657. The summed E-state index contributed by atoms with van der Waals surface area (Å²) in [5.74, 6) is -0.624. The molecular weight excluding hydrogens is 358 g/mol. The number of carboxylic acids is 1. The molecule has 7 heteroatoms. The van der Waals surface area contributed by atoms with E-state index in [0.29, 0.717) is 32.1 Å². The van der Waals surface area contributed by atoms with Crippen molar-refractivity contribution in [3.8, 4) is 0 Å². The van der Waals surface area contributed by atoms with Crippen LogP contribution in [0.15, 0.2) is 30.3 Å². The van der Waals surface area contributed by atoms with Crippen LogP contribution in [0.3, 0.4) is 0 Å². The zero-order chi connectivity index (χ0) is 20.5. The van der Waals surface area contributed by atoms with E-state index in [4.69, 9.17) is 0 Å². The lowest BCUT2D eigenvalue weighted by Gasteiger charge is -2.34. The van der Waals surface area contributed by atoms with Crippen LogP contribution in [-0.4, -0.2) is 71.5 Å². The van der Waals surface area contributed by atoms with Gasteiger partial charge in [0, 0.05) is 33.1 Å². The fourth-order valence-electron chi connectivity index (χ4n) is 3.55. The molecule has 2 rings (SSSR count). The lowest BCUT2D eigenvalue weighted by atomic mass is 9.90. The predicted molar refractivity (Wildman–Crippen MR) is 107 cm³/mol. The van der Waals surface area contributed by atoms with E-state index in [1.807, 2.05) is 23.1 Å². The molecule has 0 aliphatic carbocycles. The summed E-state index contributed by atoms with van der Waals surface area (Å²) in [6, 6.07) is 9.60. The highest BCUT2D eigenvalue weighted by Crippen LogP contribution is 2.22. The summed E-state index contributed by atoms with van der Waals surface area (Å²) in [4.78, 5) is 38.5. The lowest BCUT2D eigenvalue weighted by Crippen LogP contribution is -2.50. The molecule has 1 fully saturated rings. The number of rotatable bonds is 9. The summed E-state index contributed by atoms with van der Waals surface area (Å²) < 4.78 is 0. The van der Waals surface area contributed by atoms with Crippen LogP contribution in [0.25, 0.3) is 0 Å². The number of piperidine rings is 1. The predicted octanol–water partition coefficient (Wildman–Crippen LogP) is 1.38. The molecule has 1 aliphatic heterocycles. The van der Waals surface area contributed by atoms with Crippen molar-refractivity contribution in [1.29, 1.82) is 0 Å². The lowest BCUT2D eigenvalue weighted by molar-refractivity contribution is -0.144. The monoisotopic (exact) mass is 389 g/mol. The first-order valence-electron chi connectivity index (χ1n) is 9.89. The second kappa shape index (κ2) is 10.8. The van der Waals surface area contributed by atoms with Crippen LogP contribution >= 0.6 is 0 Å². The summed E-state index contributed by atoms with van der Waals surface area (Å²) in [7, 11) is 0. The van der Waals surface area contributed by atoms with Gasteiger partial charge in [-0.2, -0.15) is 0 Å². The Morgan fingerprint density at radius 2 is 1.86 bits per heavy atom. The Hall–Kier alpha value is -2.41. The van der Waals surface area contributed by atoms with Gasteiger partial charge in [-0.05, 0) is 37.7 Å². The molecule has 1 aromatic rings. The number of carbonyl (C=O) groups excluding carboxylic acids is 2. The van der Waals surface area contributed by atoms with Gasteiger partial charge in [0.2, 0.25) is 11.8 Å². The maximum Gasteiger partial charge on any atom is 0.320 e. The van der Waals surface area contributed by atoms with Crippen LogP contribution in [0.5, 0.6) is 0 Å². The molecule has 0 spiro atoms. The number of carboxylic acid groups (broad SMARTS) is 1. The SMILES string of the molecule is CC(=O)NCCN(CC(=O)N1CCC(Cc2ccccc2)CC1)C(C)C(=O)O. The zero-order valence-electron chi connectivity index (χ0n) is 16.8. The highest BCUT2D eigenvalue weighted by Gasteiger charge is 2.27. The van der Waals surface area contributed by atoms with Crippen molar-refractivity contribution in [3.63, 3.8) is 0 Å². The van der Waals surface area contributed by atoms with E-state index < -0.39 is 12.0 Å². The number of carbonyl (C=O) groups is 3. The van der Waals surface area contributed by atoms with Gasteiger partial charge in [0.25, 0.3) is 0 Å². The minimum atomic E-state index is -0.975. The van der Waals surface area contributed by atoms with E-state index in [1.165, 1.54) is 12.5 Å². The Morgan fingerprint density at radius 1 is 1.21 bits per heavy atom. The topological polar surface area (TPSA) is 90.0 Å². The maximum atomic E-state index is 12.7. The van der Waals surface area contributed by atoms with Crippen molar-refractivity contribution in [1.82, 2.24) is 15.1 Å². The third-order valence-corrected chi connectivity index (χ3v) is 5.35. The van der Waals surface area contributed by atoms with Crippen LogP contribution < -0.4 is 5.32 Å². The van der Waals surface area contributed by atoms with Gasteiger partial charge in [-0.1, -0.05) is 30.3 Å². The van der Waals surface area contributed by atoms with E-state index in [1.54, 1.807) is 11.8 Å². The smallest absolute Gasteiger partial charge is 0.320 e. The molecule has 154 valence electrons. The van der Waals surface area contributed by atoms with Crippen molar-refractivity contribution in [2.24, 2.45) is 5.92 Å². The van der Waals surface area contributed by atoms with Gasteiger partial charge in [0.1, 0.15) is 6.04 Å². The van der Waals surface area contributed by atoms with Crippen molar-refractivity contribution >= 4 is 17.8 Å². The van der Waals surface area contributed by atoms with Gasteiger partial charge in [-0.3, -0.25) is 19.3 Å². The van der Waals surface area contributed by atoms with Gasteiger partial charge >= 0.3 is 5.97 Å². The first kappa shape index (κ1) is 21.9. The molecular formula is C21H31N3O4. The van der Waals surface area contributed by atoms with Gasteiger partial charge in [0.15, 0.2) is 0 Å². The van der Waals surface area contributed by atoms with Crippen molar-refractivity contribution < 1.29 is 19.5 Å². The van der Waals surface area contributed by atoms with Crippen molar-refractivity contribution in [3.05, 3.63) is 35.9 Å². The highest BCUT2D eigenvalue weighted by atomic mass is 16.4. The van der Waals surface area contributed by atoms with Crippen LogP contribution in [0.4, 0.5) is 0 Å². The average Bonchev–Trinajstić information content (AvgIpc) is 2.67. The number of nitrogens with zero attached hydrogens (tertiary/aromatic N) is 2. The quantitative estimate of drug-likeness (QED) is 0.666. The molecule has 0 bridgehead atoms. The van der Waals surface area contributed by atoms with E-state index in [0.717, 1.165) is 19.3 Å². The van der Waals surface area contributed by atoms with E-state index in [9.17, 15) is 19.5 Å². The first-order valence-corrected chi connectivity index (χ1v) is 9.89. The molecule has 28 heavy (non-hydrogen) atoms. The number of nitrogens with one attached hydrogen (secondary N) is 1. The third-order valence-electron chi connectivity index (χ3n) is 5.35. The molecule has 7 nitrogen and oxygen atoms in total. The van der Waals surface area contributed by atoms with Gasteiger partial charge < -0.3 is 15.3 Å². The first-order chi connectivity index (χ1) is 13.4. The number of aliphatic carboxylic acids is 1. The highest BCUT2D eigenvalue weighted by molar-refractivity contribution is 5.80. The van der Waals surface area contributed by atoms with Crippen molar-refractivity contribution in [2.45, 2.75) is 39.2 Å². The molecule has 0 aromatic heterocycles. The maximum absolute atomic E-state index is 12.7. The fourth-order valence-corrected chi connectivity index (χ4v) is 3.55. The molecule has 1 saturated heterocycles. The largest absolute Gasteiger partial charge is 0.480 e. The Morgan fingerprint density at radius 3 is 2.43 bits per heavy atom. The standard InChI is InChI=1S/C21H31N3O4/c1-16(21(27)28)24(13-10-22-17(2)25)15-20(26)23-11-8-19(9-12-23)14-18-6-4-3-5-7-18/h3-7,16,19H,8-15H2,1-2H3,(H,22,25)(H,27,28). The normalized spacial score (nSPS) is 16.0. The Balaban J connectivity index is 1.84. The fraction of sp³-hybridized carbons (Fsp3) is 0.571. The molecule has 1 aromatic carbocycles. The molecule has 2 N–H and O–H groups in total. The van der Waals surface area contributed by atoms with Crippen LogP contribution in [0.1, 0.15) is 32.3 Å². The summed E-state index contributed by atoms with van der Waals surface area (Å²) in [5, 5.41) is 12.0. The number of likely N-dealkylation sites (tertiary alicyclic amines) is 1. The number of hydrogen-bond donors (Lipinski definition) is 2. The van der Waals surface area contributed by atoms with E-state index >= 15 is 0 Å². The minimum absolute atomic E-state index is 0.0471. The molecule has 0 saturated carbocycles. The Kier molecular flexibility index (Phi) is 8.44. The van der Waals surface area contributed by atoms with Crippen LogP contribution in [0.2, 0.25) is 0 Å². The molecule has 1 atom stereocenters. The summed E-state index contributed by atoms with van der Waals surface area (Å²) in [6.07, 6.45) is 2.95. The second-order valence-corrected chi connectivity index (χ2v) is 7.48. The van der Waals surface area contributed by atoms with Gasteiger partial charge in [-0.25, -0.2) is 0 Å². The third kappa shape index (κ3) is 6.96.